The summed E-state index contributed by atoms with van der Waals surface area (Å²) in [5, 5.41) is 10.8. The third kappa shape index (κ3) is 3.50. The lowest BCUT2D eigenvalue weighted by Gasteiger charge is -2.24. The molecule has 1 aromatic heterocycles. The Hall–Kier alpha value is -2.41. The van der Waals surface area contributed by atoms with Crippen LogP contribution in [0.25, 0.3) is 0 Å². The van der Waals surface area contributed by atoms with Gasteiger partial charge in [-0.15, -0.1) is 11.8 Å². The number of nitro benzene ring substituents is 1. The summed E-state index contributed by atoms with van der Waals surface area (Å²) in [7, 11) is 0. The van der Waals surface area contributed by atoms with Crippen LogP contribution in [0.4, 0.5) is 5.69 Å². The van der Waals surface area contributed by atoms with E-state index in [4.69, 9.17) is 0 Å². The Labute approximate surface area is 137 Å². The highest BCUT2D eigenvalue weighted by Gasteiger charge is 2.33. The van der Waals surface area contributed by atoms with Crippen LogP contribution in [0.2, 0.25) is 0 Å². The number of aromatic nitrogens is 1. The number of carbonyl (C=O) groups is 1. The van der Waals surface area contributed by atoms with Gasteiger partial charge < -0.3 is 4.90 Å². The number of hydrogen-bond acceptors (Lipinski definition) is 5. The largest absolute Gasteiger partial charge is 0.325 e. The van der Waals surface area contributed by atoms with Gasteiger partial charge in [0, 0.05) is 37.0 Å². The predicted molar refractivity (Wildman–Crippen MR) is 87.9 cm³/mol. The predicted octanol–water partition coefficient (Wildman–Crippen LogP) is 2.81. The van der Waals surface area contributed by atoms with Crippen molar-refractivity contribution in [1.82, 2.24) is 9.88 Å². The molecule has 6 nitrogen and oxygen atoms in total. The molecule has 1 saturated heterocycles. The van der Waals surface area contributed by atoms with Crippen LogP contribution in [0.5, 0.6) is 0 Å². The van der Waals surface area contributed by atoms with E-state index in [0.717, 1.165) is 11.3 Å². The van der Waals surface area contributed by atoms with E-state index < -0.39 is 4.92 Å². The number of rotatable bonds is 5. The molecule has 1 atom stereocenters. The van der Waals surface area contributed by atoms with Gasteiger partial charge in [0.05, 0.1) is 10.7 Å². The molecule has 0 aliphatic carbocycles. The average Bonchev–Trinajstić information content (AvgIpc) is 2.95. The molecule has 118 valence electrons. The molecule has 3 rings (SSSR count). The monoisotopic (exact) mass is 329 g/mol. The Morgan fingerprint density at radius 2 is 2.17 bits per heavy atom. The quantitative estimate of drug-likeness (QED) is 0.623. The zero-order valence-corrected chi connectivity index (χ0v) is 13.1. The Morgan fingerprint density at radius 3 is 2.91 bits per heavy atom. The summed E-state index contributed by atoms with van der Waals surface area (Å²) >= 11 is 1.50. The first kappa shape index (κ1) is 15.5. The second kappa shape index (κ2) is 6.78. The molecule has 1 aliphatic heterocycles. The first-order valence-electron chi connectivity index (χ1n) is 7.20. The van der Waals surface area contributed by atoms with Gasteiger partial charge in [0.25, 0.3) is 5.69 Å². The molecule has 1 aromatic carbocycles. The van der Waals surface area contributed by atoms with Gasteiger partial charge in [-0.1, -0.05) is 18.2 Å². The maximum atomic E-state index is 12.1. The fourth-order valence-electron chi connectivity index (χ4n) is 2.54. The molecule has 2 aromatic rings. The van der Waals surface area contributed by atoms with Gasteiger partial charge in [0.15, 0.2) is 0 Å². The zero-order valence-electron chi connectivity index (χ0n) is 12.3. The Kier molecular flexibility index (Phi) is 4.57. The van der Waals surface area contributed by atoms with Gasteiger partial charge in [-0.2, -0.15) is 0 Å². The number of thioether (sulfide) groups is 1. The number of carbonyl (C=O) groups excluding carboxylic acids is 1. The molecule has 1 fully saturated rings. The first-order valence-corrected chi connectivity index (χ1v) is 8.25. The molecule has 0 N–H and O–H groups in total. The van der Waals surface area contributed by atoms with Crippen molar-refractivity contribution in [2.45, 2.75) is 11.8 Å². The molecule has 2 heterocycles. The highest BCUT2D eigenvalue weighted by molar-refractivity contribution is 8.00. The Morgan fingerprint density at radius 1 is 1.30 bits per heavy atom. The van der Waals surface area contributed by atoms with Crippen LogP contribution in [0.3, 0.4) is 0 Å². The van der Waals surface area contributed by atoms with E-state index in [1.165, 1.54) is 17.8 Å². The van der Waals surface area contributed by atoms with Crippen LogP contribution < -0.4 is 0 Å². The van der Waals surface area contributed by atoms with Crippen LogP contribution >= 0.6 is 11.8 Å². The SMILES string of the molecule is O=C1CSC(c2cccc([N+](=O)[O-])c2)N1CCc1ccccn1. The van der Waals surface area contributed by atoms with Crippen molar-refractivity contribution < 1.29 is 9.72 Å². The van der Waals surface area contributed by atoms with Crippen LogP contribution in [0, 0.1) is 10.1 Å². The fourth-order valence-corrected chi connectivity index (χ4v) is 3.75. The van der Waals surface area contributed by atoms with Crippen LogP contribution in [0.15, 0.2) is 48.7 Å². The van der Waals surface area contributed by atoms with E-state index in [0.29, 0.717) is 18.7 Å². The molecule has 0 radical (unpaired) electrons. The minimum atomic E-state index is -0.414. The number of pyridine rings is 1. The van der Waals surface area contributed by atoms with Gasteiger partial charge >= 0.3 is 0 Å². The molecule has 0 spiro atoms. The highest BCUT2D eigenvalue weighted by Crippen LogP contribution is 2.39. The summed E-state index contributed by atoms with van der Waals surface area (Å²) in [5.41, 5.74) is 1.76. The highest BCUT2D eigenvalue weighted by atomic mass is 32.2. The Balaban J connectivity index is 1.77. The van der Waals surface area contributed by atoms with Gasteiger partial charge in [-0.05, 0) is 17.7 Å². The van der Waals surface area contributed by atoms with Gasteiger partial charge in [-0.3, -0.25) is 19.9 Å². The minimum absolute atomic E-state index is 0.0483. The van der Waals surface area contributed by atoms with E-state index in [9.17, 15) is 14.9 Å². The molecule has 7 heteroatoms. The normalized spacial score (nSPS) is 17.5. The smallest absolute Gasteiger partial charge is 0.269 e. The average molecular weight is 329 g/mol. The van der Waals surface area contributed by atoms with Crippen molar-refractivity contribution in [2.75, 3.05) is 12.3 Å². The molecular weight excluding hydrogens is 314 g/mol. The number of nitro groups is 1. The first-order chi connectivity index (χ1) is 11.1. The number of non-ortho nitro benzene ring substituents is 1. The molecule has 1 aliphatic rings. The third-order valence-electron chi connectivity index (χ3n) is 3.67. The Bertz CT molecular complexity index is 724. The number of nitrogens with zero attached hydrogens (tertiary/aromatic N) is 3. The zero-order chi connectivity index (χ0) is 16.2. The summed E-state index contributed by atoms with van der Waals surface area (Å²) in [6.07, 6.45) is 2.40. The molecule has 23 heavy (non-hydrogen) atoms. The standard InChI is InChI=1S/C16H15N3O3S/c20-15-11-23-16(12-4-3-6-14(10-12)19(21)22)18(15)9-7-13-5-1-2-8-17-13/h1-6,8,10,16H,7,9,11H2. The van der Waals surface area contributed by atoms with Crippen LogP contribution in [-0.2, 0) is 11.2 Å². The van der Waals surface area contributed by atoms with Crippen molar-refractivity contribution in [3.8, 4) is 0 Å². The van der Waals surface area contributed by atoms with Gasteiger partial charge in [0.2, 0.25) is 5.91 Å². The van der Waals surface area contributed by atoms with Gasteiger partial charge in [-0.25, -0.2) is 0 Å². The summed E-state index contributed by atoms with van der Waals surface area (Å²) < 4.78 is 0. The molecule has 1 amide bonds. The summed E-state index contributed by atoms with van der Waals surface area (Å²) in [5.74, 6) is 0.456. The fraction of sp³-hybridized carbons (Fsp3) is 0.250. The summed E-state index contributed by atoms with van der Waals surface area (Å²) in [6.45, 7) is 0.552. The maximum absolute atomic E-state index is 12.1. The number of amides is 1. The number of hydrogen-bond donors (Lipinski definition) is 0. The number of benzene rings is 1. The maximum Gasteiger partial charge on any atom is 0.269 e. The van der Waals surface area contributed by atoms with Crippen LogP contribution in [0.1, 0.15) is 16.6 Å². The minimum Gasteiger partial charge on any atom is -0.325 e. The van der Waals surface area contributed by atoms with Crippen molar-refractivity contribution in [1.29, 1.82) is 0 Å². The lowest BCUT2D eigenvalue weighted by Crippen LogP contribution is -2.30. The molecule has 0 saturated carbocycles. The van der Waals surface area contributed by atoms with Crippen LogP contribution in [-0.4, -0.2) is 33.0 Å². The van der Waals surface area contributed by atoms with E-state index >= 15 is 0 Å². The molecule has 1 unspecified atom stereocenters. The topological polar surface area (TPSA) is 76.3 Å². The molecule has 0 bridgehead atoms. The second-order valence-electron chi connectivity index (χ2n) is 5.17. The second-order valence-corrected chi connectivity index (χ2v) is 6.24. The third-order valence-corrected chi connectivity index (χ3v) is 4.93. The van der Waals surface area contributed by atoms with E-state index in [1.807, 2.05) is 24.3 Å². The van der Waals surface area contributed by atoms with E-state index in [2.05, 4.69) is 4.98 Å². The van der Waals surface area contributed by atoms with Crippen molar-refractivity contribution >= 4 is 23.4 Å². The van der Waals surface area contributed by atoms with E-state index in [-0.39, 0.29) is 17.0 Å². The lowest BCUT2D eigenvalue weighted by atomic mass is 10.1. The van der Waals surface area contributed by atoms with E-state index in [1.54, 1.807) is 23.2 Å². The van der Waals surface area contributed by atoms with Gasteiger partial charge in [0.1, 0.15) is 5.37 Å². The summed E-state index contributed by atoms with van der Waals surface area (Å²) in [6, 6.07) is 12.2. The lowest BCUT2D eigenvalue weighted by molar-refractivity contribution is -0.384. The van der Waals surface area contributed by atoms with Crippen molar-refractivity contribution in [2.24, 2.45) is 0 Å². The summed E-state index contributed by atoms with van der Waals surface area (Å²) in [4.78, 5) is 28.7. The van der Waals surface area contributed by atoms with Crippen molar-refractivity contribution in [3.63, 3.8) is 0 Å². The van der Waals surface area contributed by atoms with Crippen molar-refractivity contribution in [3.05, 3.63) is 70.0 Å². The molecular formula is C16H15N3O3S.